The lowest BCUT2D eigenvalue weighted by molar-refractivity contribution is 0.101. The number of Topliss-reactive ketones (excluding diaryl/α,β-unsaturated/α-hetero) is 1. The van der Waals surface area contributed by atoms with Gasteiger partial charge in [-0.2, -0.15) is 8.42 Å². The van der Waals surface area contributed by atoms with Gasteiger partial charge in [-0.3, -0.25) is 4.79 Å². The zero-order valence-corrected chi connectivity index (χ0v) is 13.5. The molecule has 8 heteroatoms. The minimum atomic E-state index is -4.62. The van der Waals surface area contributed by atoms with Gasteiger partial charge < -0.3 is 4.18 Å². The average molecular weight is 391 g/mol. The first-order valence-electron chi connectivity index (χ1n) is 5.91. The van der Waals surface area contributed by atoms with Crippen LogP contribution >= 0.6 is 15.9 Å². The molecule has 0 unspecified atom stereocenters. The molecule has 0 N–H and O–H groups in total. The third-order valence-corrected chi connectivity index (χ3v) is 4.43. The molecule has 0 heterocycles. The van der Waals surface area contributed by atoms with Gasteiger partial charge in [0.1, 0.15) is 16.5 Å². The summed E-state index contributed by atoms with van der Waals surface area (Å²) in [6, 6.07) is 6.05. The molecule has 0 spiro atoms. The molecule has 0 amide bonds. The Morgan fingerprint density at radius 3 is 2.45 bits per heavy atom. The Bertz CT molecular complexity index is 850. The Labute approximate surface area is 134 Å². The summed E-state index contributed by atoms with van der Waals surface area (Å²) in [5, 5.41) is 0. The molecule has 0 saturated carbocycles. The van der Waals surface area contributed by atoms with Crippen molar-refractivity contribution >= 4 is 31.8 Å². The van der Waals surface area contributed by atoms with Gasteiger partial charge in [0.15, 0.2) is 11.5 Å². The van der Waals surface area contributed by atoms with Crippen molar-refractivity contribution in [3.05, 3.63) is 58.1 Å². The number of hydrogen-bond acceptors (Lipinski definition) is 4. The fourth-order valence-corrected chi connectivity index (χ4v) is 3.08. The molecule has 0 aromatic heterocycles. The van der Waals surface area contributed by atoms with E-state index in [-0.39, 0.29) is 11.3 Å². The summed E-state index contributed by atoms with van der Waals surface area (Å²) in [4.78, 5) is 10.6. The molecule has 0 aliphatic rings. The summed E-state index contributed by atoms with van der Waals surface area (Å²) in [5.41, 5.74) is -0.00485. The van der Waals surface area contributed by atoms with E-state index in [0.29, 0.717) is 16.6 Å². The van der Waals surface area contributed by atoms with Crippen LogP contribution in [0.2, 0.25) is 0 Å². The Balaban J connectivity index is 2.50. The Morgan fingerprint density at radius 1 is 1.14 bits per heavy atom. The summed E-state index contributed by atoms with van der Waals surface area (Å²) in [6.07, 6.45) is 0. The number of carbonyl (C=O) groups excluding carboxylic acids is 1. The first kappa shape index (κ1) is 16.6. The van der Waals surface area contributed by atoms with Gasteiger partial charge in [-0.1, -0.05) is 15.9 Å². The average Bonchev–Trinajstić information content (AvgIpc) is 2.43. The summed E-state index contributed by atoms with van der Waals surface area (Å²) in [5.74, 6) is -2.78. The van der Waals surface area contributed by atoms with Crippen molar-refractivity contribution in [1.82, 2.24) is 0 Å². The summed E-state index contributed by atoms with van der Waals surface area (Å²) in [7, 11) is -4.62. The van der Waals surface area contributed by atoms with E-state index < -0.39 is 32.4 Å². The fourth-order valence-electron chi connectivity index (χ4n) is 1.68. The third-order valence-electron chi connectivity index (χ3n) is 2.68. The van der Waals surface area contributed by atoms with Crippen LogP contribution < -0.4 is 4.18 Å². The number of carbonyl (C=O) groups is 1. The monoisotopic (exact) mass is 390 g/mol. The van der Waals surface area contributed by atoms with Gasteiger partial charge >= 0.3 is 10.1 Å². The van der Waals surface area contributed by atoms with E-state index in [1.807, 2.05) is 0 Å². The van der Waals surface area contributed by atoms with Crippen molar-refractivity contribution < 1.29 is 26.2 Å². The van der Waals surface area contributed by atoms with Gasteiger partial charge in [0, 0.05) is 4.47 Å². The standard InChI is InChI=1S/C14H9BrF2O4S/c1-8(18)11-6-9(15)2-5-13(11)21-22(19,20)14-7-10(16)3-4-12(14)17/h2-7H,1H3. The van der Waals surface area contributed by atoms with Crippen molar-refractivity contribution in [3.63, 3.8) is 0 Å². The summed E-state index contributed by atoms with van der Waals surface area (Å²) < 4.78 is 56.2. The lowest BCUT2D eigenvalue weighted by Gasteiger charge is -2.11. The number of benzene rings is 2. The highest BCUT2D eigenvalue weighted by molar-refractivity contribution is 9.10. The van der Waals surface area contributed by atoms with Gasteiger partial charge in [0.25, 0.3) is 0 Å². The topological polar surface area (TPSA) is 60.4 Å². The summed E-state index contributed by atoms with van der Waals surface area (Å²) >= 11 is 3.14. The molecule has 4 nitrogen and oxygen atoms in total. The molecule has 0 aliphatic heterocycles. The van der Waals surface area contributed by atoms with Crippen molar-refractivity contribution in [2.45, 2.75) is 11.8 Å². The minimum absolute atomic E-state index is 0.00485. The van der Waals surface area contributed by atoms with E-state index >= 15 is 0 Å². The fraction of sp³-hybridized carbons (Fsp3) is 0.0714. The molecule has 0 radical (unpaired) electrons. The highest BCUT2D eigenvalue weighted by atomic mass is 79.9. The number of ketones is 1. The quantitative estimate of drug-likeness (QED) is 0.589. The molecule has 0 fully saturated rings. The lowest BCUT2D eigenvalue weighted by Crippen LogP contribution is -2.14. The Kier molecular flexibility index (Phi) is 4.62. The van der Waals surface area contributed by atoms with Gasteiger partial charge in [-0.15, -0.1) is 0 Å². The second-order valence-electron chi connectivity index (χ2n) is 4.31. The molecule has 116 valence electrons. The van der Waals surface area contributed by atoms with Crippen LogP contribution in [0.25, 0.3) is 0 Å². The second kappa shape index (κ2) is 6.13. The third kappa shape index (κ3) is 3.50. The number of rotatable bonds is 4. The predicted molar refractivity (Wildman–Crippen MR) is 78.3 cm³/mol. The Morgan fingerprint density at radius 2 is 1.82 bits per heavy atom. The highest BCUT2D eigenvalue weighted by Gasteiger charge is 2.24. The zero-order valence-electron chi connectivity index (χ0n) is 11.1. The van der Waals surface area contributed by atoms with Gasteiger partial charge in [-0.05, 0) is 43.3 Å². The summed E-state index contributed by atoms with van der Waals surface area (Å²) in [6.45, 7) is 1.23. The van der Waals surface area contributed by atoms with Crippen LogP contribution in [0.5, 0.6) is 5.75 Å². The zero-order chi connectivity index (χ0) is 16.5. The lowest BCUT2D eigenvalue weighted by atomic mass is 10.1. The van der Waals surface area contributed by atoms with Crippen LogP contribution in [0.4, 0.5) is 8.78 Å². The maximum Gasteiger partial charge on any atom is 0.342 e. The van der Waals surface area contributed by atoms with Crippen molar-refractivity contribution in [2.75, 3.05) is 0 Å². The van der Waals surface area contributed by atoms with Crippen LogP contribution in [-0.4, -0.2) is 14.2 Å². The maximum absolute atomic E-state index is 13.6. The van der Waals surface area contributed by atoms with Crippen molar-refractivity contribution in [2.24, 2.45) is 0 Å². The number of hydrogen-bond donors (Lipinski definition) is 0. The molecule has 0 saturated heterocycles. The van der Waals surface area contributed by atoms with Gasteiger partial charge in [0.2, 0.25) is 0 Å². The maximum atomic E-state index is 13.6. The van der Waals surface area contributed by atoms with E-state index in [1.165, 1.54) is 25.1 Å². The smallest absolute Gasteiger partial charge is 0.342 e. The molecular weight excluding hydrogens is 382 g/mol. The molecule has 2 aromatic carbocycles. The number of halogens is 3. The first-order chi connectivity index (χ1) is 10.2. The van der Waals surface area contributed by atoms with Crippen LogP contribution in [0, 0.1) is 11.6 Å². The SMILES string of the molecule is CC(=O)c1cc(Br)ccc1OS(=O)(=O)c1cc(F)ccc1F. The largest absolute Gasteiger partial charge is 0.378 e. The second-order valence-corrected chi connectivity index (χ2v) is 6.74. The normalized spacial score (nSPS) is 11.3. The minimum Gasteiger partial charge on any atom is -0.378 e. The molecule has 0 aliphatic carbocycles. The Hall–Kier alpha value is -1.80. The predicted octanol–water partition coefficient (Wildman–Crippen LogP) is 3.70. The van der Waals surface area contributed by atoms with Crippen LogP contribution in [0.3, 0.4) is 0 Å². The highest BCUT2D eigenvalue weighted by Crippen LogP contribution is 2.27. The molecule has 0 bridgehead atoms. The van der Waals surface area contributed by atoms with E-state index in [1.54, 1.807) is 0 Å². The van der Waals surface area contributed by atoms with E-state index in [0.717, 1.165) is 6.07 Å². The molecule has 22 heavy (non-hydrogen) atoms. The van der Waals surface area contributed by atoms with Crippen LogP contribution in [0.15, 0.2) is 45.8 Å². The van der Waals surface area contributed by atoms with E-state index in [2.05, 4.69) is 15.9 Å². The molecular formula is C14H9BrF2O4S. The first-order valence-corrected chi connectivity index (χ1v) is 8.11. The van der Waals surface area contributed by atoms with Gasteiger partial charge in [-0.25, -0.2) is 8.78 Å². The van der Waals surface area contributed by atoms with E-state index in [4.69, 9.17) is 4.18 Å². The van der Waals surface area contributed by atoms with Gasteiger partial charge in [0.05, 0.1) is 5.56 Å². The van der Waals surface area contributed by atoms with Crippen molar-refractivity contribution in [3.8, 4) is 5.75 Å². The molecule has 2 aromatic rings. The van der Waals surface area contributed by atoms with E-state index in [9.17, 15) is 22.0 Å². The van der Waals surface area contributed by atoms with Crippen LogP contribution in [0.1, 0.15) is 17.3 Å². The van der Waals surface area contributed by atoms with Crippen LogP contribution in [-0.2, 0) is 10.1 Å². The molecule has 2 rings (SSSR count). The molecule has 0 atom stereocenters. The van der Waals surface area contributed by atoms with Crippen molar-refractivity contribution in [1.29, 1.82) is 0 Å².